The van der Waals surface area contributed by atoms with E-state index in [1.807, 2.05) is 46.9 Å². The molecule has 0 aliphatic carbocycles. The number of hydrogen-bond acceptors (Lipinski definition) is 15. The van der Waals surface area contributed by atoms with Crippen LogP contribution in [0.3, 0.4) is 0 Å². The van der Waals surface area contributed by atoms with Gasteiger partial charge in [-0.3, -0.25) is 43.3 Å². The summed E-state index contributed by atoms with van der Waals surface area (Å²) in [7, 11) is 0. The van der Waals surface area contributed by atoms with Crippen molar-refractivity contribution >= 4 is 59.2 Å². The number of guanidine groups is 1. The molecule has 2 rings (SSSR count). The lowest BCUT2D eigenvalue weighted by Crippen LogP contribution is -2.62. The standard InChI is InChI=1S/C48H80N12O14/c1-24(2)18-30(49)39(65)54-32(19-25(3)4)42(68)55-33(20-26(5)6)41(67)53-31(10-8-16-52-48(50)51)40(66)59-38(27(7)63)46(72)60-17-9-11-37(60)45(71)56-34(21-28-12-14-29(64)15-13-28)43(69)57-35(22-61)44(70)58-36(23-62)47(73)74/h12-15,24-27,30-38,61-64H,8-11,16-23,49H2,1-7H3,(H,53,67)(H,54,65)(H,55,68)(H,56,71)(H,57,69)(H,58,70)(H,59,66)(H,73,74)(H4,50,51,52)/t27-,30+,31+,32+,33+,34+,35+,36+,37+,38+/m1/s1. The Balaban J connectivity index is 2.43. The molecule has 26 heteroatoms. The minimum Gasteiger partial charge on any atom is -0.508 e. The zero-order valence-electron chi connectivity index (χ0n) is 43.3. The molecule has 8 amide bonds. The zero-order chi connectivity index (χ0) is 56.0. The van der Waals surface area contributed by atoms with Crippen molar-refractivity contribution in [1.29, 1.82) is 0 Å². The van der Waals surface area contributed by atoms with Gasteiger partial charge in [0.25, 0.3) is 0 Å². The first-order chi connectivity index (χ1) is 34.7. The molecule has 26 nitrogen and oxygen atoms in total. The van der Waals surface area contributed by atoms with Gasteiger partial charge in [-0.25, -0.2) is 4.79 Å². The lowest BCUT2D eigenvalue weighted by atomic mass is 9.98. The molecule has 1 aromatic carbocycles. The number of aliphatic imine (C=N–C) groups is 1. The molecular weight excluding hydrogens is 969 g/mol. The molecule has 10 atom stereocenters. The molecule has 1 aliphatic heterocycles. The summed E-state index contributed by atoms with van der Waals surface area (Å²) in [6.45, 7) is 10.3. The van der Waals surface area contributed by atoms with Gasteiger partial charge in [0.15, 0.2) is 5.96 Å². The quantitative estimate of drug-likeness (QED) is 0.0193. The summed E-state index contributed by atoms with van der Waals surface area (Å²) in [6.07, 6.45) is -0.777. The van der Waals surface area contributed by atoms with Crippen LogP contribution < -0.4 is 54.4 Å². The van der Waals surface area contributed by atoms with E-state index in [0.717, 1.165) is 4.90 Å². The number of nitrogens with zero attached hydrogens (tertiary/aromatic N) is 2. The topological polar surface area (TPSA) is 433 Å². The van der Waals surface area contributed by atoms with E-state index in [9.17, 15) is 68.7 Å². The number of nitrogens with one attached hydrogen (secondary N) is 7. The number of carbonyl (C=O) groups excluding carboxylic acids is 8. The van der Waals surface area contributed by atoms with E-state index >= 15 is 0 Å². The van der Waals surface area contributed by atoms with Gasteiger partial charge in [-0.05, 0) is 87.3 Å². The van der Waals surface area contributed by atoms with E-state index in [2.05, 4.69) is 36.9 Å². The predicted molar refractivity (Wildman–Crippen MR) is 270 cm³/mol. The highest BCUT2D eigenvalue weighted by molar-refractivity contribution is 5.98. The number of phenolic OH excluding ortho intramolecular Hbond substituents is 1. The number of hydrogen-bond donors (Lipinski definition) is 15. The van der Waals surface area contributed by atoms with Crippen molar-refractivity contribution in [1.82, 2.24) is 42.1 Å². The monoisotopic (exact) mass is 1050 g/mol. The number of carbonyl (C=O) groups is 9. The summed E-state index contributed by atoms with van der Waals surface area (Å²) in [5, 5.41) is 66.9. The highest BCUT2D eigenvalue weighted by Crippen LogP contribution is 2.21. The van der Waals surface area contributed by atoms with Crippen LogP contribution in [0.5, 0.6) is 5.75 Å². The summed E-state index contributed by atoms with van der Waals surface area (Å²) in [6, 6.07) is -7.00. The van der Waals surface area contributed by atoms with Crippen LogP contribution in [-0.2, 0) is 49.6 Å². The Hall–Kier alpha value is -6.64. The number of rotatable bonds is 31. The van der Waals surface area contributed by atoms with Crippen molar-refractivity contribution in [2.24, 2.45) is 39.9 Å². The number of aliphatic hydroxyl groups excluding tert-OH is 3. The fourth-order valence-corrected chi connectivity index (χ4v) is 8.01. The second-order valence-electron chi connectivity index (χ2n) is 19.8. The second kappa shape index (κ2) is 31.2. The van der Waals surface area contributed by atoms with Crippen LogP contribution in [0.25, 0.3) is 0 Å². The van der Waals surface area contributed by atoms with E-state index in [1.165, 1.54) is 31.2 Å². The smallest absolute Gasteiger partial charge is 0.328 e. The van der Waals surface area contributed by atoms with Gasteiger partial charge in [0.1, 0.15) is 54.1 Å². The molecule has 1 heterocycles. The largest absolute Gasteiger partial charge is 0.508 e. The molecule has 416 valence electrons. The van der Waals surface area contributed by atoms with Crippen molar-refractivity contribution in [2.75, 3.05) is 26.3 Å². The molecule has 0 aromatic heterocycles. The Morgan fingerprint density at radius 2 is 1.12 bits per heavy atom. The van der Waals surface area contributed by atoms with Gasteiger partial charge in [0.2, 0.25) is 47.3 Å². The molecule has 18 N–H and O–H groups in total. The number of aliphatic carboxylic acids is 1. The summed E-state index contributed by atoms with van der Waals surface area (Å²) < 4.78 is 0. The maximum Gasteiger partial charge on any atom is 0.328 e. The average molecular weight is 1050 g/mol. The van der Waals surface area contributed by atoms with Crippen LogP contribution in [0.15, 0.2) is 29.3 Å². The number of nitrogens with two attached hydrogens (primary N) is 3. The van der Waals surface area contributed by atoms with E-state index < -0.39 is 127 Å². The molecule has 0 radical (unpaired) electrons. The lowest BCUT2D eigenvalue weighted by molar-refractivity contribution is -0.145. The molecule has 74 heavy (non-hydrogen) atoms. The Morgan fingerprint density at radius 1 is 0.649 bits per heavy atom. The maximum atomic E-state index is 14.4. The van der Waals surface area contributed by atoms with Crippen LogP contribution in [0.1, 0.15) is 99.0 Å². The van der Waals surface area contributed by atoms with Gasteiger partial charge in [-0.1, -0.05) is 53.7 Å². The Kier molecular flexibility index (Phi) is 26.7. The van der Waals surface area contributed by atoms with Crippen molar-refractivity contribution in [3.05, 3.63) is 29.8 Å². The molecule has 1 aromatic rings. The minimum absolute atomic E-state index is 0.0293. The third-order valence-electron chi connectivity index (χ3n) is 11.8. The third kappa shape index (κ3) is 21.4. The molecule has 0 unspecified atom stereocenters. The number of likely N-dealkylation sites (tertiary alicyclic amines) is 1. The van der Waals surface area contributed by atoms with Crippen LogP contribution in [0.4, 0.5) is 0 Å². The summed E-state index contributed by atoms with van der Waals surface area (Å²) >= 11 is 0. The van der Waals surface area contributed by atoms with Crippen molar-refractivity contribution < 1.29 is 68.7 Å². The molecule has 1 saturated heterocycles. The Morgan fingerprint density at radius 3 is 1.62 bits per heavy atom. The fraction of sp³-hybridized carbons (Fsp3) is 0.667. The number of benzene rings is 1. The third-order valence-corrected chi connectivity index (χ3v) is 11.8. The maximum absolute atomic E-state index is 14.4. The second-order valence-corrected chi connectivity index (χ2v) is 19.8. The number of aromatic hydroxyl groups is 1. The first kappa shape index (κ1) is 63.5. The predicted octanol–water partition coefficient (Wildman–Crippen LogP) is -3.71. The van der Waals surface area contributed by atoms with Gasteiger partial charge in [0.05, 0.1) is 25.4 Å². The number of phenols is 1. The van der Waals surface area contributed by atoms with E-state index in [0.29, 0.717) is 12.0 Å². The number of amides is 8. The minimum atomic E-state index is -1.76. The molecular formula is C48H80N12O14. The molecule has 1 fully saturated rings. The van der Waals surface area contributed by atoms with E-state index in [-0.39, 0.29) is 87.5 Å². The highest BCUT2D eigenvalue weighted by atomic mass is 16.4. The van der Waals surface area contributed by atoms with Gasteiger partial charge >= 0.3 is 5.97 Å². The SMILES string of the molecule is CC(C)C[C@H](NC(=O)[C@H](CC(C)C)NC(=O)[C@@H](N)CC(C)C)C(=O)N[C@@H](CCCN=C(N)N)C(=O)N[C@H](C(=O)N1CCC[C@H]1C(=O)N[C@@H](Cc1ccc(O)cc1)C(=O)N[C@@H](CO)C(=O)N[C@@H](CO)C(=O)O)[C@@H](C)O. The van der Waals surface area contributed by atoms with Crippen LogP contribution in [0, 0.1) is 17.8 Å². The number of carboxylic acids is 1. The summed E-state index contributed by atoms with van der Waals surface area (Å²) in [5.41, 5.74) is 17.5. The van der Waals surface area contributed by atoms with Crippen LogP contribution in [0.2, 0.25) is 0 Å². The Labute approximate surface area is 431 Å². The number of carboxylic acid groups (broad SMARTS) is 1. The van der Waals surface area contributed by atoms with Gasteiger partial charge in [-0.15, -0.1) is 0 Å². The molecule has 0 spiro atoms. The average Bonchev–Trinajstić information content (AvgIpc) is 3.82. The van der Waals surface area contributed by atoms with Gasteiger partial charge in [-0.2, -0.15) is 0 Å². The molecule has 0 bridgehead atoms. The molecule has 0 saturated carbocycles. The summed E-state index contributed by atoms with van der Waals surface area (Å²) in [5.74, 6) is -8.87. The first-order valence-corrected chi connectivity index (χ1v) is 24.8. The van der Waals surface area contributed by atoms with Gasteiger partial charge in [0, 0.05) is 19.5 Å². The molecule has 1 aliphatic rings. The highest BCUT2D eigenvalue weighted by Gasteiger charge is 2.42. The van der Waals surface area contributed by atoms with Crippen LogP contribution in [-0.4, -0.2) is 176 Å². The van der Waals surface area contributed by atoms with Crippen molar-refractivity contribution in [3.63, 3.8) is 0 Å². The van der Waals surface area contributed by atoms with E-state index in [4.69, 9.17) is 17.2 Å². The lowest BCUT2D eigenvalue weighted by Gasteiger charge is -2.32. The first-order valence-electron chi connectivity index (χ1n) is 24.8. The summed E-state index contributed by atoms with van der Waals surface area (Å²) in [4.78, 5) is 127. The van der Waals surface area contributed by atoms with Gasteiger partial charge < -0.3 is 84.9 Å². The number of aliphatic hydroxyl groups is 3. The van der Waals surface area contributed by atoms with Crippen molar-refractivity contribution in [3.8, 4) is 5.75 Å². The van der Waals surface area contributed by atoms with Crippen molar-refractivity contribution in [2.45, 2.75) is 160 Å². The van der Waals surface area contributed by atoms with E-state index in [1.54, 1.807) is 0 Å². The zero-order valence-corrected chi connectivity index (χ0v) is 43.3. The fourth-order valence-electron chi connectivity index (χ4n) is 8.01. The Bertz CT molecular complexity index is 2090. The van der Waals surface area contributed by atoms with Crippen LogP contribution >= 0.6 is 0 Å². The normalized spacial score (nSPS) is 17.1.